The van der Waals surface area contributed by atoms with Crippen LogP contribution in [0.2, 0.25) is 0 Å². The number of ether oxygens (including phenoxy) is 1. The second-order valence-electron chi connectivity index (χ2n) is 5.11. The molecule has 1 rings (SSSR count). The lowest BCUT2D eigenvalue weighted by Crippen LogP contribution is -2.43. The van der Waals surface area contributed by atoms with Crippen LogP contribution in [0, 0.1) is 0 Å². The maximum absolute atomic E-state index is 11.5. The molecule has 0 aromatic carbocycles. The first-order valence-electron chi connectivity index (χ1n) is 5.43. The number of alkyl halides is 1. The van der Waals surface area contributed by atoms with Crippen LogP contribution in [0.1, 0.15) is 40.0 Å². The molecule has 1 amide bonds. The number of hydrogen-bond donors (Lipinski definition) is 1. The predicted molar refractivity (Wildman–Crippen MR) is 64.7 cm³/mol. The average molecular weight is 292 g/mol. The fourth-order valence-corrected chi connectivity index (χ4v) is 2.18. The van der Waals surface area contributed by atoms with Gasteiger partial charge in [-0.25, -0.2) is 4.79 Å². The van der Waals surface area contributed by atoms with Gasteiger partial charge < -0.3 is 10.1 Å². The van der Waals surface area contributed by atoms with Gasteiger partial charge in [-0.1, -0.05) is 15.9 Å². The fourth-order valence-electron chi connectivity index (χ4n) is 1.53. The van der Waals surface area contributed by atoms with Crippen LogP contribution in [-0.4, -0.2) is 28.3 Å². The van der Waals surface area contributed by atoms with Crippen LogP contribution < -0.4 is 5.32 Å². The van der Waals surface area contributed by atoms with Crippen LogP contribution >= 0.6 is 15.9 Å². The summed E-state index contributed by atoms with van der Waals surface area (Å²) < 4.78 is 5.25. The van der Waals surface area contributed by atoms with E-state index in [2.05, 4.69) is 21.2 Å². The number of halogens is 1. The van der Waals surface area contributed by atoms with E-state index in [-0.39, 0.29) is 22.3 Å². The Morgan fingerprint density at radius 3 is 2.62 bits per heavy atom. The number of carbonyl (C=O) groups is 2. The van der Waals surface area contributed by atoms with Crippen LogP contribution in [0.4, 0.5) is 4.79 Å². The molecule has 0 heterocycles. The van der Waals surface area contributed by atoms with Gasteiger partial charge in [0.15, 0.2) is 0 Å². The number of hydrogen-bond acceptors (Lipinski definition) is 3. The van der Waals surface area contributed by atoms with Gasteiger partial charge in [-0.15, -0.1) is 0 Å². The Labute approximate surface area is 104 Å². The highest BCUT2D eigenvalue weighted by molar-refractivity contribution is 9.10. The molecule has 0 radical (unpaired) electrons. The zero-order chi connectivity index (χ0) is 12.3. The van der Waals surface area contributed by atoms with Crippen molar-refractivity contribution in [3.63, 3.8) is 0 Å². The van der Waals surface area contributed by atoms with E-state index in [1.807, 2.05) is 20.8 Å². The topological polar surface area (TPSA) is 55.4 Å². The van der Waals surface area contributed by atoms with Crippen molar-refractivity contribution in [2.45, 2.75) is 56.5 Å². The Morgan fingerprint density at radius 1 is 1.50 bits per heavy atom. The molecule has 0 aromatic rings. The molecule has 1 fully saturated rings. The van der Waals surface area contributed by atoms with E-state index in [1.165, 1.54) is 0 Å². The first-order chi connectivity index (χ1) is 7.28. The van der Waals surface area contributed by atoms with E-state index in [9.17, 15) is 9.59 Å². The quantitative estimate of drug-likeness (QED) is 0.755. The standard InChI is InChI=1S/C11H18BrNO3/c1-11(2,3)13-10(15)16-7-4-5-9(14)8(12)6-7/h7-8H,4-6H2,1-3H3,(H,13,15). The summed E-state index contributed by atoms with van der Waals surface area (Å²) in [6, 6.07) is 0. The van der Waals surface area contributed by atoms with Gasteiger partial charge in [0.25, 0.3) is 0 Å². The molecule has 0 bridgehead atoms. The smallest absolute Gasteiger partial charge is 0.407 e. The lowest BCUT2D eigenvalue weighted by atomic mass is 9.96. The third kappa shape index (κ3) is 4.51. The Kier molecular flexibility index (Phi) is 4.35. The van der Waals surface area contributed by atoms with E-state index in [4.69, 9.17) is 4.74 Å². The fraction of sp³-hybridized carbons (Fsp3) is 0.818. The number of Topliss-reactive ketones (excluding diaryl/α,β-unsaturated/α-hetero) is 1. The molecular formula is C11H18BrNO3. The normalized spacial score (nSPS) is 26.4. The maximum Gasteiger partial charge on any atom is 0.407 e. The zero-order valence-corrected chi connectivity index (χ0v) is 11.5. The van der Waals surface area contributed by atoms with Crippen LogP contribution in [0.5, 0.6) is 0 Å². The number of nitrogens with one attached hydrogen (secondary N) is 1. The Bertz CT molecular complexity index is 285. The molecule has 16 heavy (non-hydrogen) atoms. The molecule has 0 spiro atoms. The van der Waals surface area contributed by atoms with Gasteiger partial charge in [0.1, 0.15) is 11.9 Å². The summed E-state index contributed by atoms with van der Waals surface area (Å²) in [5.41, 5.74) is -0.296. The highest BCUT2D eigenvalue weighted by Crippen LogP contribution is 2.23. The van der Waals surface area contributed by atoms with Gasteiger partial charge >= 0.3 is 6.09 Å². The van der Waals surface area contributed by atoms with Crippen LogP contribution in [0.25, 0.3) is 0 Å². The molecule has 2 atom stereocenters. The molecule has 92 valence electrons. The van der Waals surface area contributed by atoms with E-state index in [1.54, 1.807) is 0 Å². The lowest BCUT2D eigenvalue weighted by molar-refractivity contribution is -0.121. The number of amides is 1. The predicted octanol–water partition coefficient (Wildman–Crippen LogP) is 2.40. The second-order valence-corrected chi connectivity index (χ2v) is 6.22. The minimum atomic E-state index is -0.411. The zero-order valence-electron chi connectivity index (χ0n) is 9.88. The molecule has 0 saturated heterocycles. The van der Waals surface area contributed by atoms with E-state index in [0.717, 1.165) is 0 Å². The van der Waals surface area contributed by atoms with Gasteiger partial charge in [0.2, 0.25) is 0 Å². The molecule has 1 aliphatic rings. The monoisotopic (exact) mass is 291 g/mol. The first-order valence-corrected chi connectivity index (χ1v) is 6.35. The minimum absolute atomic E-state index is 0.163. The van der Waals surface area contributed by atoms with E-state index < -0.39 is 6.09 Å². The molecule has 1 saturated carbocycles. The SMILES string of the molecule is CC(C)(C)NC(=O)OC1CCC(=O)C(Br)C1. The van der Waals surface area contributed by atoms with Crippen molar-refractivity contribution >= 4 is 27.8 Å². The van der Waals surface area contributed by atoms with Crippen molar-refractivity contribution < 1.29 is 14.3 Å². The van der Waals surface area contributed by atoms with E-state index >= 15 is 0 Å². The summed E-state index contributed by atoms with van der Waals surface area (Å²) in [4.78, 5) is 22.6. The Morgan fingerprint density at radius 2 is 2.12 bits per heavy atom. The highest BCUT2D eigenvalue weighted by atomic mass is 79.9. The Hall–Kier alpha value is -0.580. The van der Waals surface area contributed by atoms with Gasteiger partial charge in [0.05, 0.1) is 4.83 Å². The van der Waals surface area contributed by atoms with E-state index in [0.29, 0.717) is 19.3 Å². The number of ketones is 1. The minimum Gasteiger partial charge on any atom is -0.446 e. The van der Waals surface area contributed by atoms with Crippen molar-refractivity contribution in [2.75, 3.05) is 0 Å². The van der Waals surface area contributed by atoms with Gasteiger partial charge in [-0.2, -0.15) is 0 Å². The van der Waals surface area contributed by atoms with Crippen molar-refractivity contribution in [1.29, 1.82) is 0 Å². The molecule has 1 aliphatic carbocycles. The molecule has 2 unspecified atom stereocenters. The molecule has 5 heteroatoms. The molecule has 1 N–H and O–H groups in total. The van der Waals surface area contributed by atoms with Crippen molar-refractivity contribution in [2.24, 2.45) is 0 Å². The summed E-state index contributed by atoms with van der Waals surface area (Å²) >= 11 is 3.28. The summed E-state index contributed by atoms with van der Waals surface area (Å²) in [5, 5.41) is 2.73. The van der Waals surface area contributed by atoms with Gasteiger partial charge in [0, 0.05) is 18.4 Å². The van der Waals surface area contributed by atoms with Crippen LogP contribution in [0.3, 0.4) is 0 Å². The van der Waals surface area contributed by atoms with Crippen molar-refractivity contribution in [3.8, 4) is 0 Å². The van der Waals surface area contributed by atoms with Gasteiger partial charge in [-0.3, -0.25) is 4.79 Å². The molecule has 4 nitrogen and oxygen atoms in total. The highest BCUT2D eigenvalue weighted by Gasteiger charge is 2.29. The largest absolute Gasteiger partial charge is 0.446 e. The van der Waals surface area contributed by atoms with Crippen molar-refractivity contribution in [1.82, 2.24) is 5.32 Å². The van der Waals surface area contributed by atoms with Crippen molar-refractivity contribution in [3.05, 3.63) is 0 Å². The Balaban J connectivity index is 2.38. The van der Waals surface area contributed by atoms with Crippen LogP contribution in [0.15, 0.2) is 0 Å². The lowest BCUT2D eigenvalue weighted by Gasteiger charge is -2.27. The number of carbonyl (C=O) groups excluding carboxylic acids is 2. The third-order valence-corrected chi connectivity index (χ3v) is 3.17. The second kappa shape index (κ2) is 5.17. The average Bonchev–Trinajstić information content (AvgIpc) is 2.08. The first kappa shape index (κ1) is 13.5. The third-order valence-electron chi connectivity index (χ3n) is 2.28. The van der Waals surface area contributed by atoms with Gasteiger partial charge in [-0.05, 0) is 27.2 Å². The number of alkyl carbamates (subject to hydrolysis) is 1. The van der Waals surface area contributed by atoms with Crippen LogP contribution in [-0.2, 0) is 9.53 Å². The summed E-state index contributed by atoms with van der Waals surface area (Å²) in [6.07, 6.45) is 1.09. The summed E-state index contributed by atoms with van der Waals surface area (Å²) in [7, 11) is 0. The molecular weight excluding hydrogens is 274 g/mol. The maximum atomic E-state index is 11.5. The summed E-state index contributed by atoms with van der Waals surface area (Å²) in [5.74, 6) is 0.191. The molecule has 0 aromatic heterocycles. The number of rotatable bonds is 1. The summed E-state index contributed by atoms with van der Waals surface area (Å²) in [6.45, 7) is 5.68. The molecule has 0 aliphatic heterocycles.